The number of benzene rings is 1. The first kappa shape index (κ1) is 16.5. The molecule has 1 amide bonds. The number of carbonyl (C=O) groups is 1. The molecule has 0 bridgehead atoms. The average molecular weight is 314 g/mol. The number of rotatable bonds is 3. The summed E-state index contributed by atoms with van der Waals surface area (Å²) in [5.41, 5.74) is 8.25. The predicted octanol–water partition coefficient (Wildman–Crippen LogP) is 3.39. The van der Waals surface area contributed by atoms with Crippen LogP contribution in [-0.4, -0.2) is 29.9 Å². The number of carbonyl (C=O) groups excluding carboxylic acids is 1. The van der Waals surface area contributed by atoms with E-state index in [1.165, 1.54) is 11.1 Å². The lowest BCUT2D eigenvalue weighted by Gasteiger charge is -2.39. The molecule has 0 spiro atoms. The molecule has 126 valence electrons. The Hall–Kier alpha value is -1.35. The lowest BCUT2D eigenvalue weighted by Crippen LogP contribution is -2.50. The Bertz CT molecular complexity index is 553. The van der Waals surface area contributed by atoms with Crippen LogP contribution in [0.15, 0.2) is 24.3 Å². The number of amides is 1. The second kappa shape index (κ2) is 6.64. The molecule has 2 aliphatic rings. The molecule has 23 heavy (non-hydrogen) atoms. The van der Waals surface area contributed by atoms with Crippen LogP contribution in [0.1, 0.15) is 56.6 Å². The molecule has 1 heterocycles. The SMILES string of the molecule is Cc1cccc(C2(C(=O)N3CCC(C(C)N)CC3)CCCC2)c1. The summed E-state index contributed by atoms with van der Waals surface area (Å²) in [6, 6.07) is 8.83. The first-order valence-corrected chi connectivity index (χ1v) is 9.15. The van der Waals surface area contributed by atoms with Gasteiger partial charge in [0.25, 0.3) is 0 Å². The number of hydrogen-bond acceptors (Lipinski definition) is 2. The number of nitrogens with zero attached hydrogens (tertiary/aromatic N) is 1. The first-order valence-electron chi connectivity index (χ1n) is 9.15. The van der Waals surface area contributed by atoms with Crippen LogP contribution >= 0.6 is 0 Å². The molecule has 1 unspecified atom stereocenters. The van der Waals surface area contributed by atoms with E-state index in [4.69, 9.17) is 5.73 Å². The molecule has 2 fully saturated rings. The molecule has 1 saturated heterocycles. The van der Waals surface area contributed by atoms with Crippen molar-refractivity contribution in [3.63, 3.8) is 0 Å². The Morgan fingerprint density at radius 1 is 1.26 bits per heavy atom. The summed E-state index contributed by atoms with van der Waals surface area (Å²) in [7, 11) is 0. The van der Waals surface area contributed by atoms with Gasteiger partial charge in [-0.2, -0.15) is 0 Å². The first-order chi connectivity index (χ1) is 11.0. The second-order valence-corrected chi connectivity index (χ2v) is 7.65. The van der Waals surface area contributed by atoms with Crippen LogP contribution in [0, 0.1) is 12.8 Å². The van der Waals surface area contributed by atoms with E-state index in [1.54, 1.807) is 0 Å². The largest absolute Gasteiger partial charge is 0.342 e. The Balaban J connectivity index is 1.80. The van der Waals surface area contributed by atoms with Gasteiger partial charge in [0.2, 0.25) is 5.91 Å². The topological polar surface area (TPSA) is 46.3 Å². The standard InChI is InChI=1S/C20H30N2O/c1-15-6-5-7-18(14-15)20(10-3-4-11-20)19(23)22-12-8-17(9-13-22)16(2)21/h5-7,14,16-17H,3-4,8-13,21H2,1-2H3. The molecule has 1 aromatic rings. The predicted molar refractivity (Wildman–Crippen MR) is 94.3 cm³/mol. The van der Waals surface area contributed by atoms with Gasteiger partial charge < -0.3 is 10.6 Å². The minimum absolute atomic E-state index is 0.240. The van der Waals surface area contributed by atoms with Crippen molar-refractivity contribution in [3.05, 3.63) is 35.4 Å². The highest BCUT2D eigenvalue weighted by molar-refractivity contribution is 5.88. The van der Waals surface area contributed by atoms with E-state index in [2.05, 4.69) is 43.0 Å². The number of piperidine rings is 1. The molecule has 0 aromatic heterocycles. The fourth-order valence-electron chi connectivity index (χ4n) is 4.48. The zero-order chi connectivity index (χ0) is 16.4. The molecule has 0 radical (unpaired) electrons. The third-order valence-corrected chi connectivity index (χ3v) is 6.01. The van der Waals surface area contributed by atoms with Gasteiger partial charge in [0.15, 0.2) is 0 Å². The maximum Gasteiger partial charge on any atom is 0.233 e. The van der Waals surface area contributed by atoms with E-state index < -0.39 is 0 Å². The summed E-state index contributed by atoms with van der Waals surface area (Å²) >= 11 is 0. The quantitative estimate of drug-likeness (QED) is 0.929. The van der Waals surface area contributed by atoms with Crippen molar-refractivity contribution in [2.75, 3.05) is 13.1 Å². The van der Waals surface area contributed by atoms with Crippen LogP contribution in [0.5, 0.6) is 0 Å². The van der Waals surface area contributed by atoms with Gasteiger partial charge in [0.1, 0.15) is 0 Å². The molecule has 2 N–H and O–H groups in total. The molecular weight excluding hydrogens is 284 g/mol. The van der Waals surface area contributed by atoms with Gasteiger partial charge in [0, 0.05) is 19.1 Å². The van der Waals surface area contributed by atoms with E-state index in [0.29, 0.717) is 11.8 Å². The smallest absolute Gasteiger partial charge is 0.233 e. The van der Waals surface area contributed by atoms with E-state index in [1.807, 2.05) is 0 Å². The molecule has 1 saturated carbocycles. The van der Waals surface area contributed by atoms with E-state index in [0.717, 1.165) is 51.6 Å². The van der Waals surface area contributed by atoms with Gasteiger partial charge in [-0.1, -0.05) is 42.7 Å². The van der Waals surface area contributed by atoms with Crippen LogP contribution in [0.4, 0.5) is 0 Å². The maximum absolute atomic E-state index is 13.4. The zero-order valence-electron chi connectivity index (χ0n) is 14.6. The number of aryl methyl sites for hydroxylation is 1. The molecule has 3 nitrogen and oxygen atoms in total. The van der Waals surface area contributed by atoms with Crippen LogP contribution < -0.4 is 5.73 Å². The van der Waals surface area contributed by atoms with Gasteiger partial charge >= 0.3 is 0 Å². The highest BCUT2D eigenvalue weighted by Crippen LogP contribution is 2.43. The Morgan fingerprint density at radius 2 is 1.91 bits per heavy atom. The molecule has 1 aliphatic heterocycles. The lowest BCUT2D eigenvalue weighted by molar-refractivity contribution is -0.138. The maximum atomic E-state index is 13.4. The summed E-state index contributed by atoms with van der Waals surface area (Å²) in [5, 5.41) is 0. The molecule has 3 heteroatoms. The molecule has 1 atom stereocenters. The Labute approximate surface area is 140 Å². The Kier molecular flexibility index (Phi) is 4.77. The van der Waals surface area contributed by atoms with Crippen molar-refractivity contribution < 1.29 is 4.79 Å². The number of likely N-dealkylation sites (tertiary alicyclic amines) is 1. The van der Waals surface area contributed by atoms with Crippen molar-refractivity contribution in [2.24, 2.45) is 11.7 Å². The van der Waals surface area contributed by atoms with Gasteiger partial charge in [-0.05, 0) is 51.0 Å². The fraction of sp³-hybridized carbons (Fsp3) is 0.650. The minimum atomic E-state index is -0.271. The number of hydrogen-bond donors (Lipinski definition) is 1. The fourth-order valence-corrected chi connectivity index (χ4v) is 4.48. The molecule has 3 rings (SSSR count). The molecule has 1 aliphatic carbocycles. The summed E-state index contributed by atoms with van der Waals surface area (Å²) in [5.74, 6) is 0.932. The third kappa shape index (κ3) is 3.16. The second-order valence-electron chi connectivity index (χ2n) is 7.65. The monoisotopic (exact) mass is 314 g/mol. The molecule has 1 aromatic carbocycles. The Morgan fingerprint density at radius 3 is 2.48 bits per heavy atom. The van der Waals surface area contributed by atoms with Gasteiger partial charge in [0.05, 0.1) is 5.41 Å². The minimum Gasteiger partial charge on any atom is -0.342 e. The van der Waals surface area contributed by atoms with Crippen LogP contribution in [-0.2, 0) is 10.2 Å². The average Bonchev–Trinajstić information content (AvgIpc) is 3.05. The van der Waals surface area contributed by atoms with Gasteiger partial charge in [-0.15, -0.1) is 0 Å². The normalized spacial score (nSPS) is 23.0. The lowest BCUT2D eigenvalue weighted by atomic mass is 9.76. The van der Waals surface area contributed by atoms with Crippen molar-refractivity contribution in [2.45, 2.75) is 63.8 Å². The summed E-state index contributed by atoms with van der Waals surface area (Å²) in [6.07, 6.45) is 6.43. The number of nitrogens with two attached hydrogens (primary N) is 1. The van der Waals surface area contributed by atoms with Crippen molar-refractivity contribution in [1.29, 1.82) is 0 Å². The van der Waals surface area contributed by atoms with Crippen molar-refractivity contribution in [1.82, 2.24) is 4.90 Å². The summed E-state index contributed by atoms with van der Waals surface area (Å²) in [4.78, 5) is 15.5. The zero-order valence-corrected chi connectivity index (χ0v) is 14.6. The van der Waals surface area contributed by atoms with Crippen LogP contribution in [0.25, 0.3) is 0 Å². The third-order valence-electron chi connectivity index (χ3n) is 6.01. The summed E-state index contributed by atoms with van der Waals surface area (Å²) < 4.78 is 0. The van der Waals surface area contributed by atoms with Crippen molar-refractivity contribution in [3.8, 4) is 0 Å². The van der Waals surface area contributed by atoms with Gasteiger partial charge in [-0.3, -0.25) is 4.79 Å². The molecular formula is C20H30N2O. The highest BCUT2D eigenvalue weighted by atomic mass is 16.2. The highest BCUT2D eigenvalue weighted by Gasteiger charge is 2.45. The van der Waals surface area contributed by atoms with Crippen molar-refractivity contribution >= 4 is 5.91 Å². The van der Waals surface area contributed by atoms with E-state index >= 15 is 0 Å². The summed E-state index contributed by atoms with van der Waals surface area (Å²) in [6.45, 7) is 5.95. The van der Waals surface area contributed by atoms with Gasteiger partial charge in [-0.25, -0.2) is 0 Å². The van der Waals surface area contributed by atoms with Crippen LogP contribution in [0.2, 0.25) is 0 Å². The van der Waals surface area contributed by atoms with Crippen LogP contribution in [0.3, 0.4) is 0 Å². The van der Waals surface area contributed by atoms with E-state index in [9.17, 15) is 4.79 Å². The van der Waals surface area contributed by atoms with E-state index in [-0.39, 0.29) is 11.5 Å².